The van der Waals surface area contributed by atoms with Crippen molar-refractivity contribution >= 4 is 23.4 Å². The number of nitrogens with zero attached hydrogens (tertiary/aromatic N) is 3. The van der Waals surface area contributed by atoms with Crippen molar-refractivity contribution in [1.82, 2.24) is 4.90 Å². The van der Waals surface area contributed by atoms with E-state index in [4.69, 9.17) is 43.2 Å². The number of allylic oxidation sites excluding steroid dienone is 1. The van der Waals surface area contributed by atoms with E-state index in [1.54, 1.807) is 65.6 Å². The maximum atomic E-state index is 15.4. The molecule has 6 atom stereocenters. The van der Waals surface area contributed by atoms with E-state index >= 15 is 4.79 Å². The van der Waals surface area contributed by atoms with Gasteiger partial charge in [0, 0.05) is 49.3 Å². The third kappa shape index (κ3) is 10.1. The first-order chi connectivity index (χ1) is 33.7. The minimum absolute atomic E-state index is 0.0221. The highest BCUT2D eigenvalue weighted by molar-refractivity contribution is 6.03. The first-order valence-electron chi connectivity index (χ1n) is 23.2. The lowest BCUT2D eigenvalue weighted by Crippen LogP contribution is -2.70. The van der Waals surface area contributed by atoms with E-state index in [-0.39, 0.29) is 63.1 Å². The third-order valence-electron chi connectivity index (χ3n) is 13.4. The van der Waals surface area contributed by atoms with E-state index < -0.39 is 29.8 Å². The fourth-order valence-electron chi connectivity index (χ4n) is 10.4. The zero-order valence-corrected chi connectivity index (χ0v) is 39.1. The molecule has 0 radical (unpaired) electrons. The number of aliphatic hydroxyl groups excluding tert-OH is 2. The second kappa shape index (κ2) is 21.9. The normalized spacial score (nSPS) is 22.2. The van der Waals surface area contributed by atoms with E-state index in [0.717, 1.165) is 29.5 Å². The molecular formula is C53H58N4O12. The van der Waals surface area contributed by atoms with Crippen LogP contribution >= 0.6 is 0 Å². The summed E-state index contributed by atoms with van der Waals surface area (Å²) in [6.07, 6.45) is 7.38. The smallest absolute Gasteiger partial charge is 0.417 e. The molecule has 1 fully saturated rings. The lowest BCUT2D eigenvalue weighted by atomic mass is 9.55. The second-order valence-corrected chi connectivity index (χ2v) is 17.3. The number of aliphatic hydroxyl groups is 2. The molecule has 2 aliphatic heterocycles. The van der Waals surface area contributed by atoms with Crippen molar-refractivity contribution in [3.05, 3.63) is 125 Å². The summed E-state index contributed by atoms with van der Waals surface area (Å²) in [6.45, 7) is 4.31. The number of nitrogens with one attached hydrogen (secondary N) is 1. The molecule has 8 rings (SSSR count). The van der Waals surface area contributed by atoms with Crippen LogP contribution in [0.5, 0.6) is 34.5 Å². The van der Waals surface area contributed by atoms with Crippen molar-refractivity contribution in [2.75, 3.05) is 53.3 Å². The van der Waals surface area contributed by atoms with Crippen LogP contribution in [-0.4, -0.2) is 92.6 Å². The Hall–Kier alpha value is -7.06. The van der Waals surface area contributed by atoms with Gasteiger partial charge in [-0.05, 0) is 115 Å². The quantitative estimate of drug-likeness (QED) is 0.0433. The summed E-state index contributed by atoms with van der Waals surface area (Å²) < 4.78 is 42.8. The molecule has 0 bridgehead atoms. The number of ether oxygens (including phenoxy) is 7. The average Bonchev–Trinajstić information content (AvgIpc) is 3.85. The number of anilines is 1. The molecule has 0 unspecified atom stereocenters. The lowest BCUT2D eigenvalue weighted by molar-refractivity contribution is -0.255. The van der Waals surface area contributed by atoms with Gasteiger partial charge in [0.25, 0.3) is 5.91 Å². The number of nitriles is 1. The number of amides is 2. The van der Waals surface area contributed by atoms with Gasteiger partial charge in [0.15, 0.2) is 11.5 Å². The van der Waals surface area contributed by atoms with Gasteiger partial charge in [-0.3, -0.25) is 10.1 Å². The van der Waals surface area contributed by atoms with Crippen LogP contribution in [0.3, 0.4) is 0 Å². The molecule has 4 aromatic rings. The number of rotatable bonds is 20. The molecule has 3 N–H and O–H groups in total. The molecular weight excluding hydrogens is 885 g/mol. The molecule has 1 saturated carbocycles. The number of hydrogen-bond acceptors (Lipinski definition) is 14. The highest BCUT2D eigenvalue weighted by Crippen LogP contribution is 2.62. The zero-order valence-electron chi connectivity index (χ0n) is 39.1. The molecule has 4 aliphatic rings. The van der Waals surface area contributed by atoms with Gasteiger partial charge < -0.3 is 53.1 Å². The van der Waals surface area contributed by atoms with Gasteiger partial charge in [-0.1, -0.05) is 36.2 Å². The molecule has 0 saturated heterocycles. The maximum absolute atomic E-state index is 15.4. The monoisotopic (exact) mass is 942 g/mol. The summed E-state index contributed by atoms with van der Waals surface area (Å²) in [5.41, 5.74) is 4.08. The Bertz CT molecular complexity index is 2610. The van der Waals surface area contributed by atoms with Gasteiger partial charge in [-0.2, -0.15) is 5.26 Å². The van der Waals surface area contributed by atoms with Crippen molar-refractivity contribution in [2.45, 2.75) is 69.2 Å². The van der Waals surface area contributed by atoms with E-state index in [0.29, 0.717) is 77.0 Å². The lowest BCUT2D eigenvalue weighted by Gasteiger charge is -2.60. The van der Waals surface area contributed by atoms with Gasteiger partial charge in [0.1, 0.15) is 36.1 Å². The maximum Gasteiger partial charge on any atom is 0.417 e. The third-order valence-corrected chi connectivity index (χ3v) is 13.4. The van der Waals surface area contributed by atoms with Gasteiger partial charge in [0.05, 0.1) is 49.8 Å². The van der Waals surface area contributed by atoms with Crippen LogP contribution in [0.25, 0.3) is 0 Å². The minimum atomic E-state index is -1.58. The summed E-state index contributed by atoms with van der Waals surface area (Å²) >= 11 is 0. The number of oxime groups is 1. The van der Waals surface area contributed by atoms with Crippen molar-refractivity contribution in [3.63, 3.8) is 0 Å². The zero-order chi connectivity index (χ0) is 48.5. The van der Waals surface area contributed by atoms with Crippen LogP contribution in [-0.2, 0) is 16.1 Å². The molecule has 362 valence electrons. The van der Waals surface area contributed by atoms with Gasteiger partial charge in [-0.25, -0.2) is 4.79 Å². The van der Waals surface area contributed by atoms with Crippen molar-refractivity contribution in [1.29, 1.82) is 5.26 Å². The predicted molar refractivity (Wildman–Crippen MR) is 255 cm³/mol. The molecule has 4 aromatic carbocycles. The second-order valence-electron chi connectivity index (χ2n) is 17.3. The molecule has 69 heavy (non-hydrogen) atoms. The van der Waals surface area contributed by atoms with E-state index in [9.17, 15) is 20.3 Å². The van der Waals surface area contributed by atoms with E-state index in [1.807, 2.05) is 24.3 Å². The number of unbranched alkanes of at least 4 members (excludes halogenated alkanes) is 2. The van der Waals surface area contributed by atoms with Crippen LogP contribution in [0.4, 0.5) is 10.5 Å². The predicted octanol–water partition coefficient (Wildman–Crippen LogP) is 8.52. The van der Waals surface area contributed by atoms with Crippen molar-refractivity contribution in [3.8, 4) is 40.6 Å². The first kappa shape index (κ1) is 48.4. The largest absolute Gasteiger partial charge is 0.497 e. The summed E-state index contributed by atoms with van der Waals surface area (Å²) in [5.74, 6) is -0.288. The van der Waals surface area contributed by atoms with Crippen LogP contribution < -0.4 is 33.7 Å². The van der Waals surface area contributed by atoms with E-state index in [2.05, 4.69) is 24.0 Å². The van der Waals surface area contributed by atoms with Crippen LogP contribution in [0.1, 0.15) is 77.9 Å². The Kier molecular flexibility index (Phi) is 15.4. The molecule has 2 heterocycles. The summed E-state index contributed by atoms with van der Waals surface area (Å²) in [6, 6.07) is 23.6. The molecule has 0 aromatic heterocycles. The molecule has 2 amide bonds. The summed E-state index contributed by atoms with van der Waals surface area (Å²) in [5, 5.41) is 37.1. The Balaban J connectivity index is 1.30. The standard InChI is InChI=1S/C53H58N4O12/c1-5-24-67-53-48(57(51(60)35-15-12-33(30-54)13-16-35)31-34-14-20-45-47(25-34)66-32-65-45)29-43(56-64-4)40-26-36(10-6-8-22-58)39(11-7-9-23-59)49(50(40)53)41-27-38(18-21-44(41)69-53)68-52(61)55-42-19-17-37(62-2)28-46(42)63-3/h5,12-21,25-28,36,39,48-50,58-59H,1,6-11,22-24,29,31-32H2,2-4H3,(H,55,61)/t36-,39+,48-,49+,50+,53+/m0/s1. The highest BCUT2D eigenvalue weighted by atomic mass is 16.7. The molecule has 16 nitrogen and oxygen atoms in total. The SMILES string of the molecule is C=CCO[C@@]12Oc3ccc(OC(=O)Nc4ccc(OC)cc4OC)cc3[C@H]3[C@H](CCCCO)[C@@H](CCCCO)C=C(C(=NOC)C[C@@H]1N(Cc1ccc4c(c1)OCO4)C(=O)c1ccc(C#N)cc1)[C@H]32. The Labute approximate surface area is 401 Å². The van der Waals surface area contributed by atoms with Crippen LogP contribution in [0, 0.1) is 29.1 Å². The number of carbonyl (C=O) groups is 2. The average molecular weight is 943 g/mol. The van der Waals surface area contributed by atoms with Gasteiger partial charge >= 0.3 is 6.09 Å². The fourth-order valence-corrected chi connectivity index (χ4v) is 10.4. The van der Waals surface area contributed by atoms with Crippen LogP contribution in [0.2, 0.25) is 0 Å². The van der Waals surface area contributed by atoms with Crippen LogP contribution in [0.15, 0.2) is 108 Å². The summed E-state index contributed by atoms with van der Waals surface area (Å²) in [4.78, 5) is 36.4. The van der Waals surface area contributed by atoms with Gasteiger partial charge in [-0.15, -0.1) is 6.58 Å². The minimum Gasteiger partial charge on any atom is -0.497 e. The number of benzene rings is 4. The number of carbonyl (C=O) groups excluding carboxylic acids is 2. The number of hydrogen-bond donors (Lipinski definition) is 3. The van der Waals surface area contributed by atoms with Gasteiger partial charge in [0.2, 0.25) is 12.6 Å². The first-order valence-corrected chi connectivity index (χ1v) is 23.2. The Morgan fingerprint density at radius 3 is 2.39 bits per heavy atom. The molecule has 2 aliphatic carbocycles. The Morgan fingerprint density at radius 2 is 1.67 bits per heavy atom. The topological polar surface area (TPSA) is 200 Å². The van der Waals surface area contributed by atoms with E-state index in [1.165, 1.54) is 21.3 Å². The Morgan fingerprint density at radius 1 is 0.913 bits per heavy atom. The molecule has 0 spiro atoms. The summed E-state index contributed by atoms with van der Waals surface area (Å²) in [7, 11) is 4.52. The number of methoxy groups -OCH3 is 2. The van der Waals surface area contributed by atoms with Crippen molar-refractivity contribution < 1.29 is 57.8 Å². The highest BCUT2D eigenvalue weighted by Gasteiger charge is 2.65. The fraction of sp³-hybridized carbons (Fsp3) is 0.396. The molecule has 16 heteroatoms. The van der Waals surface area contributed by atoms with Crippen molar-refractivity contribution in [2.24, 2.45) is 22.9 Å². The number of fused-ring (bicyclic) bond motifs is 3.